The lowest BCUT2D eigenvalue weighted by Gasteiger charge is -2.37. The quantitative estimate of drug-likeness (QED) is 0.452. The fourth-order valence-corrected chi connectivity index (χ4v) is 4.51. The van der Waals surface area contributed by atoms with Gasteiger partial charge in [0, 0.05) is 24.3 Å². The zero-order chi connectivity index (χ0) is 23.2. The number of carbonyl (C=O) groups excluding carboxylic acids is 1. The Bertz CT molecular complexity index is 1070. The molecule has 0 atom stereocenters. The summed E-state index contributed by atoms with van der Waals surface area (Å²) in [5, 5.41) is 2.75. The number of hydrogen-bond donors (Lipinski definition) is 1. The second-order valence-corrected chi connectivity index (χ2v) is 8.45. The Morgan fingerprint density at radius 3 is 2.27 bits per heavy atom. The maximum Gasteiger partial charge on any atom is 0.322 e. The minimum absolute atomic E-state index is 0.0531. The highest BCUT2D eigenvalue weighted by molar-refractivity contribution is 5.89. The third-order valence-corrected chi connectivity index (χ3v) is 6.35. The van der Waals surface area contributed by atoms with E-state index in [1.807, 2.05) is 35.2 Å². The number of nitrogens with one attached hydrogen (secondary N) is 1. The molecule has 4 nitrogen and oxygen atoms in total. The van der Waals surface area contributed by atoms with Crippen molar-refractivity contribution < 1.29 is 18.3 Å². The zero-order valence-electron chi connectivity index (χ0n) is 18.6. The summed E-state index contributed by atoms with van der Waals surface area (Å²) in [5.74, 6) is -0.695. The van der Waals surface area contributed by atoms with Crippen LogP contribution in [-0.2, 0) is 6.54 Å². The van der Waals surface area contributed by atoms with E-state index >= 15 is 0 Å². The van der Waals surface area contributed by atoms with Crippen LogP contribution in [0.4, 0.5) is 19.3 Å². The van der Waals surface area contributed by atoms with Gasteiger partial charge in [-0.05, 0) is 67.0 Å². The average Bonchev–Trinajstić information content (AvgIpc) is 2.86. The number of anilines is 1. The van der Waals surface area contributed by atoms with E-state index in [0.717, 1.165) is 49.1 Å². The first kappa shape index (κ1) is 22.8. The summed E-state index contributed by atoms with van der Waals surface area (Å²) in [6.45, 7) is 0.417. The molecule has 0 heterocycles. The molecule has 0 aliphatic heterocycles. The highest BCUT2D eigenvalue weighted by Gasteiger charge is 2.30. The molecule has 3 aromatic carbocycles. The lowest BCUT2D eigenvalue weighted by atomic mass is 9.81. The standard InChI is InChI=1S/C27H28F2N2O2/c1-33-24-14-7-19(8-15-24)18-31(27(32)30-22-11-16-25(28)26(29)17-22)23-12-9-21(10-13-23)20-5-3-2-4-6-20/h2-8,11,14-17,21,23H,9-10,12-13,18H2,1H3,(H,30,32). The van der Waals surface area contributed by atoms with Gasteiger partial charge in [0.1, 0.15) is 5.75 Å². The maximum absolute atomic E-state index is 13.7. The molecule has 2 amide bonds. The van der Waals surface area contributed by atoms with Crippen LogP contribution in [-0.4, -0.2) is 24.1 Å². The molecule has 0 aromatic heterocycles. The first-order chi connectivity index (χ1) is 16.0. The average molecular weight is 451 g/mol. The van der Waals surface area contributed by atoms with Crippen LogP contribution in [0.15, 0.2) is 72.8 Å². The molecule has 4 rings (SSSR count). The van der Waals surface area contributed by atoms with Crippen LogP contribution in [0.2, 0.25) is 0 Å². The molecule has 1 aliphatic carbocycles. The van der Waals surface area contributed by atoms with E-state index in [-0.39, 0.29) is 17.8 Å². The summed E-state index contributed by atoms with van der Waals surface area (Å²) < 4.78 is 32.2. The number of carbonyl (C=O) groups is 1. The van der Waals surface area contributed by atoms with Crippen molar-refractivity contribution in [3.05, 3.63) is 95.6 Å². The molecule has 33 heavy (non-hydrogen) atoms. The van der Waals surface area contributed by atoms with Crippen molar-refractivity contribution in [3.8, 4) is 5.75 Å². The molecule has 6 heteroatoms. The van der Waals surface area contributed by atoms with Crippen molar-refractivity contribution in [2.24, 2.45) is 0 Å². The Morgan fingerprint density at radius 2 is 1.64 bits per heavy atom. The predicted molar refractivity (Wildman–Crippen MR) is 125 cm³/mol. The SMILES string of the molecule is COc1ccc(CN(C(=O)Nc2ccc(F)c(F)c2)C2CCC(c3ccccc3)CC2)cc1. The summed E-state index contributed by atoms with van der Waals surface area (Å²) in [6.07, 6.45) is 3.74. The van der Waals surface area contributed by atoms with Gasteiger partial charge in [-0.2, -0.15) is 0 Å². The van der Waals surface area contributed by atoms with Gasteiger partial charge in [0.25, 0.3) is 0 Å². The van der Waals surface area contributed by atoms with Gasteiger partial charge in [-0.3, -0.25) is 0 Å². The Labute approximate surface area is 193 Å². The molecular weight excluding hydrogens is 422 g/mol. The molecular formula is C27H28F2N2O2. The number of amides is 2. The third kappa shape index (κ3) is 5.69. The van der Waals surface area contributed by atoms with Crippen molar-refractivity contribution in [1.29, 1.82) is 0 Å². The molecule has 3 aromatic rings. The van der Waals surface area contributed by atoms with Gasteiger partial charge in [-0.25, -0.2) is 13.6 Å². The maximum atomic E-state index is 13.7. The van der Waals surface area contributed by atoms with Gasteiger partial charge in [0.2, 0.25) is 0 Å². The topological polar surface area (TPSA) is 41.6 Å². The van der Waals surface area contributed by atoms with Crippen LogP contribution < -0.4 is 10.1 Å². The molecule has 1 saturated carbocycles. The van der Waals surface area contributed by atoms with Crippen LogP contribution in [0, 0.1) is 11.6 Å². The van der Waals surface area contributed by atoms with Crippen molar-refractivity contribution in [3.63, 3.8) is 0 Å². The first-order valence-corrected chi connectivity index (χ1v) is 11.2. The number of ether oxygens (including phenoxy) is 1. The molecule has 0 unspecified atom stereocenters. The van der Waals surface area contributed by atoms with E-state index in [1.54, 1.807) is 7.11 Å². The van der Waals surface area contributed by atoms with Crippen LogP contribution >= 0.6 is 0 Å². The van der Waals surface area contributed by atoms with E-state index < -0.39 is 11.6 Å². The molecule has 0 saturated heterocycles. The highest BCUT2D eigenvalue weighted by atomic mass is 19.2. The Kier molecular flexibility index (Phi) is 7.23. The van der Waals surface area contributed by atoms with Crippen molar-refractivity contribution in [1.82, 2.24) is 4.90 Å². The number of benzene rings is 3. The predicted octanol–water partition coefficient (Wildman–Crippen LogP) is 6.73. The number of urea groups is 1. The first-order valence-electron chi connectivity index (χ1n) is 11.2. The summed E-state index contributed by atoms with van der Waals surface area (Å²) in [7, 11) is 1.61. The van der Waals surface area contributed by atoms with Crippen LogP contribution in [0.3, 0.4) is 0 Å². The van der Waals surface area contributed by atoms with Gasteiger partial charge < -0.3 is 15.0 Å². The van der Waals surface area contributed by atoms with Gasteiger partial charge in [0.05, 0.1) is 7.11 Å². The van der Waals surface area contributed by atoms with Crippen molar-refractivity contribution in [2.75, 3.05) is 12.4 Å². The highest BCUT2D eigenvalue weighted by Crippen LogP contribution is 2.35. The minimum Gasteiger partial charge on any atom is -0.497 e. The van der Waals surface area contributed by atoms with Crippen LogP contribution in [0.25, 0.3) is 0 Å². The molecule has 1 aliphatic rings. The van der Waals surface area contributed by atoms with Gasteiger partial charge in [-0.1, -0.05) is 42.5 Å². The smallest absolute Gasteiger partial charge is 0.322 e. The number of hydrogen-bond acceptors (Lipinski definition) is 2. The Morgan fingerprint density at radius 1 is 0.939 bits per heavy atom. The minimum atomic E-state index is -0.988. The van der Waals surface area contributed by atoms with E-state index in [9.17, 15) is 13.6 Å². The Hall–Kier alpha value is -3.41. The molecule has 0 bridgehead atoms. The Balaban J connectivity index is 1.50. The fraction of sp³-hybridized carbons (Fsp3) is 0.296. The summed E-state index contributed by atoms with van der Waals surface area (Å²) in [4.78, 5) is 15.1. The molecule has 1 fully saturated rings. The van der Waals surface area contributed by atoms with Crippen LogP contribution in [0.5, 0.6) is 5.75 Å². The molecule has 0 radical (unpaired) electrons. The number of rotatable bonds is 6. The molecule has 172 valence electrons. The number of nitrogens with zero attached hydrogens (tertiary/aromatic N) is 1. The normalized spacial score (nSPS) is 17.9. The van der Waals surface area contributed by atoms with E-state index in [2.05, 4.69) is 29.6 Å². The van der Waals surface area contributed by atoms with Crippen molar-refractivity contribution >= 4 is 11.7 Å². The van der Waals surface area contributed by atoms with E-state index in [0.29, 0.717) is 12.5 Å². The van der Waals surface area contributed by atoms with Gasteiger partial charge >= 0.3 is 6.03 Å². The largest absolute Gasteiger partial charge is 0.497 e. The lowest BCUT2D eigenvalue weighted by Crippen LogP contribution is -2.44. The zero-order valence-corrected chi connectivity index (χ0v) is 18.6. The lowest BCUT2D eigenvalue weighted by molar-refractivity contribution is 0.158. The van der Waals surface area contributed by atoms with E-state index in [4.69, 9.17) is 4.74 Å². The second kappa shape index (κ2) is 10.5. The second-order valence-electron chi connectivity index (χ2n) is 8.45. The van der Waals surface area contributed by atoms with Gasteiger partial charge in [0.15, 0.2) is 11.6 Å². The molecule has 0 spiro atoms. The summed E-state index contributed by atoms with van der Waals surface area (Å²) in [6, 6.07) is 21.2. The monoisotopic (exact) mass is 450 g/mol. The fourth-order valence-electron chi connectivity index (χ4n) is 4.51. The number of methoxy groups -OCH3 is 1. The summed E-state index contributed by atoms with van der Waals surface area (Å²) in [5.41, 5.74) is 2.54. The van der Waals surface area contributed by atoms with E-state index in [1.165, 1.54) is 11.6 Å². The van der Waals surface area contributed by atoms with Gasteiger partial charge in [-0.15, -0.1) is 0 Å². The molecule has 1 N–H and O–H groups in total. The summed E-state index contributed by atoms with van der Waals surface area (Å²) >= 11 is 0. The number of halogens is 2. The van der Waals surface area contributed by atoms with Crippen LogP contribution in [0.1, 0.15) is 42.7 Å². The third-order valence-electron chi connectivity index (χ3n) is 6.35. The van der Waals surface area contributed by atoms with Crippen molar-refractivity contribution in [2.45, 2.75) is 44.2 Å².